The van der Waals surface area contributed by atoms with Crippen LogP contribution in [-0.4, -0.2) is 49.8 Å². The standard InChI is InChI=1S/C19H25N5O3/c25-16-7-6-13-12-20-18(21-14-4-2-1-3-5-14)22-17(13)24(16)15-8-10-23(11-9-15)19(26)27/h6-7,12,14-15H,1-5,8-11H2,(H,26,27)(H,20,21,22). The normalized spacial score (nSPS) is 19.3. The van der Waals surface area contributed by atoms with E-state index in [4.69, 9.17) is 5.11 Å². The van der Waals surface area contributed by atoms with Gasteiger partial charge in [-0.2, -0.15) is 4.98 Å². The number of hydrogen-bond donors (Lipinski definition) is 2. The third kappa shape index (κ3) is 3.74. The highest BCUT2D eigenvalue weighted by Gasteiger charge is 2.25. The Morgan fingerprint density at radius 1 is 1.11 bits per heavy atom. The molecule has 1 saturated carbocycles. The number of fused-ring (bicyclic) bond motifs is 1. The number of anilines is 1. The second-order valence-electron chi connectivity index (χ2n) is 7.49. The molecule has 0 unspecified atom stereocenters. The number of amides is 1. The largest absolute Gasteiger partial charge is 0.465 e. The van der Waals surface area contributed by atoms with Crippen molar-refractivity contribution in [3.63, 3.8) is 0 Å². The molecule has 2 aromatic rings. The molecule has 2 fully saturated rings. The van der Waals surface area contributed by atoms with Gasteiger partial charge in [-0.15, -0.1) is 0 Å². The minimum atomic E-state index is -0.903. The zero-order chi connectivity index (χ0) is 18.8. The van der Waals surface area contributed by atoms with Gasteiger partial charge in [0.05, 0.1) is 0 Å². The maximum atomic E-state index is 12.6. The predicted molar refractivity (Wildman–Crippen MR) is 102 cm³/mol. The van der Waals surface area contributed by atoms with Gasteiger partial charge in [-0.25, -0.2) is 9.78 Å². The molecular formula is C19H25N5O3. The molecule has 2 aromatic heterocycles. The molecule has 0 spiro atoms. The van der Waals surface area contributed by atoms with Crippen LogP contribution in [0.25, 0.3) is 11.0 Å². The van der Waals surface area contributed by atoms with E-state index < -0.39 is 6.09 Å². The average Bonchev–Trinajstić information content (AvgIpc) is 2.69. The molecule has 144 valence electrons. The van der Waals surface area contributed by atoms with Crippen molar-refractivity contribution in [1.29, 1.82) is 0 Å². The van der Waals surface area contributed by atoms with Gasteiger partial charge in [-0.05, 0) is 31.7 Å². The minimum Gasteiger partial charge on any atom is -0.465 e. The average molecular weight is 371 g/mol. The molecule has 4 rings (SSSR count). The SMILES string of the molecule is O=C(O)N1CCC(n2c(=O)ccc3cnc(NC4CCCCC4)nc32)CC1. The number of piperidine rings is 1. The molecule has 27 heavy (non-hydrogen) atoms. The summed E-state index contributed by atoms with van der Waals surface area (Å²) in [4.78, 5) is 34.2. The Bertz CT molecular complexity index is 883. The summed E-state index contributed by atoms with van der Waals surface area (Å²) in [5.74, 6) is 0.566. The van der Waals surface area contributed by atoms with E-state index in [1.165, 1.54) is 24.2 Å². The van der Waals surface area contributed by atoms with E-state index in [0.717, 1.165) is 18.2 Å². The molecule has 8 heteroatoms. The van der Waals surface area contributed by atoms with Crippen molar-refractivity contribution in [3.05, 3.63) is 28.7 Å². The van der Waals surface area contributed by atoms with E-state index in [1.54, 1.807) is 22.9 Å². The lowest BCUT2D eigenvalue weighted by molar-refractivity contribution is 0.125. The summed E-state index contributed by atoms with van der Waals surface area (Å²) in [6.07, 6.45) is 8.05. The Morgan fingerprint density at radius 3 is 2.56 bits per heavy atom. The van der Waals surface area contributed by atoms with Crippen LogP contribution in [-0.2, 0) is 0 Å². The Morgan fingerprint density at radius 2 is 1.85 bits per heavy atom. The molecule has 1 amide bonds. The highest BCUT2D eigenvalue weighted by molar-refractivity contribution is 5.75. The Balaban J connectivity index is 1.63. The third-order valence-corrected chi connectivity index (χ3v) is 5.71. The van der Waals surface area contributed by atoms with Crippen LogP contribution in [0.3, 0.4) is 0 Å². The van der Waals surface area contributed by atoms with E-state index in [-0.39, 0.29) is 11.6 Å². The summed E-state index contributed by atoms with van der Waals surface area (Å²) < 4.78 is 1.72. The van der Waals surface area contributed by atoms with Crippen LogP contribution in [0.5, 0.6) is 0 Å². The molecule has 0 aromatic carbocycles. The second kappa shape index (κ2) is 7.54. The highest BCUT2D eigenvalue weighted by atomic mass is 16.4. The van der Waals surface area contributed by atoms with Gasteiger partial charge in [0, 0.05) is 42.8 Å². The Kier molecular flexibility index (Phi) is 4.96. The topological polar surface area (TPSA) is 100 Å². The van der Waals surface area contributed by atoms with Gasteiger partial charge in [-0.3, -0.25) is 9.36 Å². The van der Waals surface area contributed by atoms with Crippen molar-refractivity contribution in [2.45, 2.75) is 57.0 Å². The molecule has 0 atom stereocenters. The summed E-state index contributed by atoms with van der Waals surface area (Å²) >= 11 is 0. The molecule has 1 saturated heterocycles. The summed E-state index contributed by atoms with van der Waals surface area (Å²) in [7, 11) is 0. The van der Waals surface area contributed by atoms with E-state index in [9.17, 15) is 9.59 Å². The molecule has 1 aliphatic carbocycles. The highest BCUT2D eigenvalue weighted by Crippen LogP contribution is 2.25. The van der Waals surface area contributed by atoms with Crippen molar-refractivity contribution in [2.24, 2.45) is 0 Å². The monoisotopic (exact) mass is 371 g/mol. The molecule has 8 nitrogen and oxygen atoms in total. The van der Waals surface area contributed by atoms with E-state index in [1.807, 2.05) is 0 Å². The quantitative estimate of drug-likeness (QED) is 0.860. The molecule has 0 bridgehead atoms. The fourth-order valence-corrected chi connectivity index (χ4v) is 4.21. The molecule has 1 aliphatic heterocycles. The lowest BCUT2D eigenvalue weighted by Crippen LogP contribution is -2.40. The van der Waals surface area contributed by atoms with Crippen LogP contribution in [0.15, 0.2) is 23.1 Å². The van der Waals surface area contributed by atoms with Crippen molar-refractivity contribution in [3.8, 4) is 0 Å². The van der Waals surface area contributed by atoms with Gasteiger partial charge in [0.25, 0.3) is 5.56 Å². The fourth-order valence-electron chi connectivity index (χ4n) is 4.21. The number of carboxylic acid groups (broad SMARTS) is 1. The summed E-state index contributed by atoms with van der Waals surface area (Å²) in [6.45, 7) is 0.863. The summed E-state index contributed by atoms with van der Waals surface area (Å²) in [6, 6.07) is 3.64. The number of nitrogens with one attached hydrogen (secondary N) is 1. The zero-order valence-corrected chi connectivity index (χ0v) is 15.3. The number of rotatable bonds is 3. The first kappa shape index (κ1) is 17.8. The number of hydrogen-bond acceptors (Lipinski definition) is 5. The Hall–Kier alpha value is -2.64. The Labute approximate surface area is 157 Å². The first-order valence-electron chi connectivity index (χ1n) is 9.74. The van der Waals surface area contributed by atoms with E-state index in [0.29, 0.717) is 43.6 Å². The fraction of sp³-hybridized carbons (Fsp3) is 0.579. The predicted octanol–water partition coefficient (Wildman–Crippen LogP) is 2.85. The van der Waals surface area contributed by atoms with Crippen LogP contribution >= 0.6 is 0 Å². The smallest absolute Gasteiger partial charge is 0.407 e. The van der Waals surface area contributed by atoms with Crippen LogP contribution in [0.1, 0.15) is 51.0 Å². The number of pyridine rings is 1. The maximum absolute atomic E-state index is 12.6. The third-order valence-electron chi connectivity index (χ3n) is 5.71. The number of aromatic nitrogens is 3. The zero-order valence-electron chi connectivity index (χ0n) is 15.3. The van der Waals surface area contributed by atoms with E-state index >= 15 is 0 Å². The van der Waals surface area contributed by atoms with Crippen molar-refractivity contribution in [2.75, 3.05) is 18.4 Å². The minimum absolute atomic E-state index is 0.0470. The van der Waals surface area contributed by atoms with Gasteiger partial charge in [0.15, 0.2) is 0 Å². The van der Waals surface area contributed by atoms with E-state index in [2.05, 4.69) is 15.3 Å². The number of carbonyl (C=O) groups is 1. The van der Waals surface area contributed by atoms with Crippen LogP contribution in [0.4, 0.5) is 10.7 Å². The van der Waals surface area contributed by atoms with Gasteiger partial charge in [0.2, 0.25) is 5.95 Å². The second-order valence-corrected chi connectivity index (χ2v) is 7.49. The van der Waals surface area contributed by atoms with Gasteiger partial charge >= 0.3 is 6.09 Å². The molecule has 2 aliphatic rings. The first-order valence-corrected chi connectivity index (χ1v) is 9.74. The molecule has 0 radical (unpaired) electrons. The number of nitrogens with zero attached hydrogens (tertiary/aromatic N) is 4. The summed E-state index contributed by atoms with van der Waals surface area (Å²) in [5.41, 5.74) is 0.531. The lowest BCUT2D eigenvalue weighted by Gasteiger charge is -2.31. The van der Waals surface area contributed by atoms with Crippen LogP contribution in [0, 0.1) is 0 Å². The van der Waals surface area contributed by atoms with Crippen molar-refractivity contribution in [1.82, 2.24) is 19.4 Å². The molecule has 3 heterocycles. The summed E-state index contributed by atoms with van der Waals surface area (Å²) in [5, 5.41) is 13.4. The molecule has 2 N–H and O–H groups in total. The van der Waals surface area contributed by atoms with Gasteiger partial charge in [-0.1, -0.05) is 19.3 Å². The van der Waals surface area contributed by atoms with Crippen molar-refractivity contribution < 1.29 is 9.90 Å². The van der Waals surface area contributed by atoms with Crippen LogP contribution < -0.4 is 10.9 Å². The lowest BCUT2D eigenvalue weighted by atomic mass is 9.96. The first-order chi connectivity index (χ1) is 13.1. The molecular weight excluding hydrogens is 346 g/mol. The van der Waals surface area contributed by atoms with Crippen molar-refractivity contribution >= 4 is 23.1 Å². The maximum Gasteiger partial charge on any atom is 0.407 e. The van der Waals surface area contributed by atoms with Crippen LogP contribution in [0.2, 0.25) is 0 Å². The van der Waals surface area contributed by atoms with Gasteiger partial charge < -0.3 is 15.3 Å². The number of likely N-dealkylation sites (tertiary alicyclic amines) is 1. The van der Waals surface area contributed by atoms with Gasteiger partial charge in [0.1, 0.15) is 5.65 Å².